The molecule has 0 saturated carbocycles. The molecule has 0 aromatic heterocycles. The number of hydrogen-bond donors (Lipinski definition) is 6. The Balaban J connectivity index is 0.000000267. The molecule has 108 heavy (non-hydrogen) atoms. The fraction of sp³-hybridized carbons (Fsp3) is 0.256. The molecular weight excluding hydrogens is 1410 g/mol. The number of nitrogen functional groups attached to an aromatic ring is 2. The number of ether oxygens (including phenoxy) is 14. The van der Waals surface area contributed by atoms with Crippen molar-refractivity contribution < 1.29 is 124 Å². The summed E-state index contributed by atoms with van der Waals surface area (Å²) in [4.78, 5) is 117. The molecule has 8 aromatic carbocycles. The maximum atomic E-state index is 12.2. The van der Waals surface area contributed by atoms with Crippen molar-refractivity contribution in [3.8, 4) is 34.5 Å². The second-order valence-electron chi connectivity index (χ2n) is 22.3. The van der Waals surface area contributed by atoms with Crippen LogP contribution in [0.4, 0.5) is 22.7 Å². The number of aliphatic hydroxyl groups is 2. The summed E-state index contributed by atoms with van der Waals surface area (Å²) in [5, 5.41) is 22.6. The minimum absolute atomic E-state index is 0.0184. The van der Waals surface area contributed by atoms with Gasteiger partial charge in [-0.05, 0) is 144 Å². The van der Waals surface area contributed by atoms with E-state index in [0.29, 0.717) is 76.0 Å². The number of Topliss-reactive ketones (excluding diaryl/α,β-unsaturated/α-hetero) is 2. The van der Waals surface area contributed by atoms with Gasteiger partial charge in [-0.15, -0.1) is 0 Å². The van der Waals surface area contributed by atoms with Crippen molar-refractivity contribution in [3.63, 3.8) is 0 Å². The molecule has 8 rings (SSSR count). The van der Waals surface area contributed by atoms with Crippen molar-refractivity contribution >= 4 is 81.9 Å². The number of rotatable bonds is 43. The summed E-state index contributed by atoms with van der Waals surface area (Å²) in [5.74, 6) is -2.30. The summed E-state index contributed by atoms with van der Waals surface area (Å²) < 4.78 is 72.4. The number of amides is 2. The van der Waals surface area contributed by atoms with E-state index in [1.807, 2.05) is 60.7 Å². The largest absolute Gasteiger partial charge is 0.482 e. The fourth-order valence-electron chi connectivity index (χ4n) is 8.49. The van der Waals surface area contributed by atoms with Gasteiger partial charge in [-0.3, -0.25) is 19.2 Å². The normalized spacial score (nSPS) is 10.3. The zero-order chi connectivity index (χ0) is 77.4. The lowest BCUT2D eigenvalue weighted by Crippen LogP contribution is -2.21. The number of anilines is 4. The molecule has 2 amide bonds. The van der Waals surface area contributed by atoms with Gasteiger partial charge in [0.2, 0.25) is 11.8 Å². The summed E-state index contributed by atoms with van der Waals surface area (Å²) in [6.45, 7) is -3.16. The van der Waals surface area contributed by atoms with Crippen LogP contribution in [0.5, 0.6) is 34.5 Å². The van der Waals surface area contributed by atoms with Crippen molar-refractivity contribution in [1.82, 2.24) is 0 Å². The van der Waals surface area contributed by atoms with E-state index in [-0.39, 0.29) is 123 Å². The molecule has 570 valence electrons. The highest BCUT2D eigenvalue weighted by atomic mass is 16.6. The molecule has 30 nitrogen and oxygen atoms in total. The van der Waals surface area contributed by atoms with Gasteiger partial charge in [-0.25, -0.2) is 28.8 Å². The Labute approximate surface area is 620 Å². The van der Waals surface area contributed by atoms with Gasteiger partial charge in [0.05, 0.1) is 13.2 Å². The van der Waals surface area contributed by atoms with Crippen LogP contribution < -0.4 is 50.5 Å². The molecule has 0 spiro atoms. The van der Waals surface area contributed by atoms with Crippen LogP contribution in [-0.4, -0.2) is 175 Å². The molecule has 0 atom stereocenters. The Morgan fingerprint density at radius 1 is 0.278 bits per heavy atom. The van der Waals surface area contributed by atoms with Crippen LogP contribution in [0.1, 0.15) is 22.3 Å². The third-order valence-electron chi connectivity index (χ3n) is 13.7. The summed E-state index contributed by atoms with van der Waals surface area (Å²) in [7, 11) is 0. The average molecular weight is 1490 g/mol. The fourth-order valence-corrected chi connectivity index (χ4v) is 8.49. The molecule has 0 radical (unpaired) electrons. The predicted molar refractivity (Wildman–Crippen MR) is 387 cm³/mol. The molecule has 0 saturated heterocycles. The lowest BCUT2D eigenvalue weighted by Gasteiger charge is -2.10. The van der Waals surface area contributed by atoms with Crippen LogP contribution in [0.15, 0.2) is 206 Å². The van der Waals surface area contributed by atoms with E-state index in [1.165, 1.54) is 12.1 Å². The molecule has 0 aliphatic rings. The van der Waals surface area contributed by atoms with Crippen LogP contribution in [0.25, 0.3) is 0 Å². The first-order chi connectivity index (χ1) is 52.3. The van der Waals surface area contributed by atoms with E-state index in [0.717, 1.165) is 16.7 Å². The molecule has 0 aliphatic heterocycles. The van der Waals surface area contributed by atoms with E-state index < -0.39 is 54.9 Å². The van der Waals surface area contributed by atoms with Crippen molar-refractivity contribution in [2.75, 3.05) is 128 Å². The maximum absolute atomic E-state index is 12.2. The van der Waals surface area contributed by atoms with Gasteiger partial charge in [0, 0.05) is 35.6 Å². The lowest BCUT2D eigenvalue weighted by atomic mass is 10.1. The summed E-state index contributed by atoms with van der Waals surface area (Å²) in [5.41, 5.74) is 16.8. The standard InChI is InChI=1S/C37H37NO10.C23H25NO10.C18H20N2O6/c39-32(24-43-22-29-7-3-1-4-8-29)21-28-11-15-33(16-12-28)47-26-36(41)45-19-20-46-37(42)27-48-34-17-13-31(14-18-34)38-35(40)25-44-23-30-9-5-2-6-10-30;25-12-18(27)11-16-1-5-19(6-2-16)33-14-22(29)31-9-10-32-23(30)15-34-20-7-3-17(4-8-20)24-21(28)13-26;19-13-1-5-15(6-2-13)25-11-17(21)23-9-10-24-18(22)12-26-16-7-3-14(20)4-8-16/h1-18H,19-27H2,(H,38,40);1-8,25-26H,9-15H2,(H,24,28);1-8H,9-12,19-20H2. The third kappa shape index (κ3) is 37.0. The number of carbonyl (C=O) groups excluding carboxylic acids is 10. The molecule has 8 N–H and O–H groups in total. The van der Waals surface area contributed by atoms with Crippen molar-refractivity contribution in [2.24, 2.45) is 0 Å². The number of nitrogens with two attached hydrogens (primary N) is 2. The van der Waals surface area contributed by atoms with Gasteiger partial charge in [-0.1, -0.05) is 84.9 Å². The van der Waals surface area contributed by atoms with Gasteiger partial charge < -0.3 is 98.6 Å². The number of esters is 6. The molecule has 0 heterocycles. The van der Waals surface area contributed by atoms with Crippen molar-refractivity contribution in [3.05, 3.63) is 229 Å². The molecule has 0 bridgehead atoms. The number of nitrogens with one attached hydrogen (secondary N) is 2. The number of carbonyl (C=O) groups is 10. The minimum Gasteiger partial charge on any atom is -0.482 e. The molecule has 0 fully saturated rings. The Morgan fingerprint density at radius 2 is 0.546 bits per heavy atom. The SMILES string of the molecule is Nc1ccc(OCC(=O)OCCOC(=O)COc2ccc(N)cc2)cc1.O=C(CO)Cc1ccc(OCC(=O)OCCOC(=O)COc2ccc(NC(=O)CO)cc2)cc1.O=C(COCc1ccccc1)Cc1ccc(OCC(=O)OCCOC(=O)COc2ccc(NC(=O)COCc3ccccc3)cc2)cc1. The van der Waals surface area contributed by atoms with E-state index >= 15 is 0 Å². The Kier molecular flexibility index (Phi) is 38.1. The molecule has 0 aliphatic carbocycles. The minimum atomic E-state index is -0.662. The Bertz CT molecular complexity index is 3800. The average Bonchev–Trinajstić information content (AvgIpc) is 0.938. The zero-order valence-electron chi connectivity index (χ0n) is 58.6. The summed E-state index contributed by atoms with van der Waals surface area (Å²) >= 11 is 0. The van der Waals surface area contributed by atoms with Crippen molar-refractivity contribution in [2.45, 2.75) is 26.1 Å². The van der Waals surface area contributed by atoms with E-state index in [1.54, 1.807) is 133 Å². The van der Waals surface area contributed by atoms with Gasteiger partial charge >= 0.3 is 35.8 Å². The zero-order valence-corrected chi connectivity index (χ0v) is 58.6. The van der Waals surface area contributed by atoms with Crippen LogP contribution in [0.3, 0.4) is 0 Å². The first kappa shape index (κ1) is 84.0. The number of hydrogen-bond acceptors (Lipinski definition) is 28. The third-order valence-corrected chi connectivity index (χ3v) is 13.7. The summed E-state index contributed by atoms with van der Waals surface area (Å²) in [6.07, 6.45) is 0.332. The van der Waals surface area contributed by atoms with Crippen LogP contribution in [-0.2, 0) is 112 Å². The Hall–Kier alpha value is -12.9. The summed E-state index contributed by atoms with van der Waals surface area (Å²) in [6, 6.07) is 58.3. The van der Waals surface area contributed by atoms with Gasteiger partial charge in [0.15, 0.2) is 51.2 Å². The maximum Gasteiger partial charge on any atom is 0.344 e. The predicted octanol–water partition coefficient (Wildman–Crippen LogP) is 6.38. The highest BCUT2D eigenvalue weighted by molar-refractivity contribution is 5.92. The van der Waals surface area contributed by atoms with Gasteiger partial charge in [0.1, 0.15) is 101 Å². The second kappa shape index (κ2) is 48.9. The molecular formula is C78H82N4O26. The number of ketones is 2. The smallest absolute Gasteiger partial charge is 0.344 e. The van der Waals surface area contributed by atoms with Crippen molar-refractivity contribution in [1.29, 1.82) is 0 Å². The van der Waals surface area contributed by atoms with Crippen LogP contribution >= 0.6 is 0 Å². The number of aliphatic hydroxyl groups excluding tert-OH is 2. The topological polar surface area (TPSA) is 416 Å². The second-order valence-corrected chi connectivity index (χ2v) is 22.3. The molecule has 30 heteroatoms. The highest BCUT2D eigenvalue weighted by Crippen LogP contribution is 2.20. The van der Waals surface area contributed by atoms with Gasteiger partial charge in [-0.2, -0.15) is 0 Å². The Morgan fingerprint density at radius 3 is 0.843 bits per heavy atom. The van der Waals surface area contributed by atoms with Crippen LogP contribution in [0.2, 0.25) is 0 Å². The van der Waals surface area contributed by atoms with E-state index in [4.69, 9.17) is 88.0 Å². The molecule has 0 unspecified atom stereocenters. The lowest BCUT2D eigenvalue weighted by molar-refractivity contribution is -0.154. The highest BCUT2D eigenvalue weighted by Gasteiger charge is 2.14. The van der Waals surface area contributed by atoms with E-state index in [9.17, 15) is 47.9 Å². The van der Waals surface area contributed by atoms with Crippen LogP contribution in [0, 0.1) is 0 Å². The quantitative estimate of drug-likeness (QED) is 0.0104. The number of benzene rings is 8. The van der Waals surface area contributed by atoms with Gasteiger partial charge in [0.25, 0.3) is 0 Å². The molecule has 8 aromatic rings. The van der Waals surface area contributed by atoms with E-state index in [2.05, 4.69) is 10.6 Å². The monoisotopic (exact) mass is 1490 g/mol. The first-order valence-corrected chi connectivity index (χ1v) is 33.2. The first-order valence-electron chi connectivity index (χ1n) is 33.2.